The molecule has 3 aromatic heterocycles. The van der Waals surface area contributed by atoms with Crippen molar-refractivity contribution in [2.24, 2.45) is 0 Å². The van der Waals surface area contributed by atoms with Gasteiger partial charge in [0, 0.05) is 4.88 Å². The van der Waals surface area contributed by atoms with E-state index in [2.05, 4.69) is 10.1 Å². The van der Waals surface area contributed by atoms with Crippen molar-refractivity contribution in [3.05, 3.63) is 53.3 Å². The first-order valence-electron chi connectivity index (χ1n) is 5.11. The van der Waals surface area contributed by atoms with E-state index >= 15 is 0 Å². The zero-order valence-electron chi connectivity index (χ0n) is 9.28. The molecular formula is C11H7N3O2S2. The molecule has 3 heterocycles. The molecule has 0 atom stereocenters. The van der Waals surface area contributed by atoms with Gasteiger partial charge in [0.15, 0.2) is 0 Å². The minimum Gasteiger partial charge on any atom is -0.266 e. The van der Waals surface area contributed by atoms with Gasteiger partial charge >= 0.3 is 0 Å². The second-order valence-electron chi connectivity index (χ2n) is 3.63. The van der Waals surface area contributed by atoms with Crippen molar-refractivity contribution in [2.45, 2.75) is 6.92 Å². The highest BCUT2D eigenvalue weighted by Gasteiger charge is 2.08. The summed E-state index contributed by atoms with van der Waals surface area (Å²) in [6, 6.07) is 3.84. The normalized spacial score (nSPS) is 12.4. The van der Waals surface area contributed by atoms with Gasteiger partial charge in [-0.3, -0.25) is 9.59 Å². The lowest BCUT2D eigenvalue weighted by Gasteiger charge is -1.89. The number of nitrogens with zero attached hydrogens (tertiary/aromatic N) is 3. The first-order valence-corrected chi connectivity index (χ1v) is 6.80. The number of fused-ring (bicyclic) bond motifs is 1. The molecule has 0 aliphatic carbocycles. The predicted octanol–water partition coefficient (Wildman–Crippen LogP) is 0.429. The first kappa shape index (κ1) is 11.2. The van der Waals surface area contributed by atoms with Crippen molar-refractivity contribution in [1.82, 2.24) is 14.6 Å². The van der Waals surface area contributed by atoms with Gasteiger partial charge in [-0.25, -0.2) is 0 Å². The van der Waals surface area contributed by atoms with Crippen LogP contribution in [-0.2, 0) is 0 Å². The summed E-state index contributed by atoms with van der Waals surface area (Å²) in [5.74, 6) is 0. The van der Waals surface area contributed by atoms with Crippen LogP contribution < -0.4 is 15.7 Å². The third-order valence-corrected chi connectivity index (χ3v) is 4.14. The number of aryl methyl sites for hydroxylation is 1. The summed E-state index contributed by atoms with van der Waals surface area (Å²) in [5.41, 5.74) is -0.400. The maximum absolute atomic E-state index is 12.1. The SMILES string of the molecule is Cc1nn2c(=O)/c(=C/c3cccs3)sc2nc1=O. The van der Waals surface area contributed by atoms with Gasteiger partial charge in [0.25, 0.3) is 11.1 Å². The van der Waals surface area contributed by atoms with Crippen LogP contribution >= 0.6 is 22.7 Å². The second kappa shape index (κ2) is 4.11. The molecule has 0 aliphatic heterocycles. The van der Waals surface area contributed by atoms with Crippen LogP contribution in [0.1, 0.15) is 10.6 Å². The molecule has 7 heteroatoms. The van der Waals surface area contributed by atoms with E-state index in [0.717, 1.165) is 4.88 Å². The van der Waals surface area contributed by atoms with Gasteiger partial charge in [-0.05, 0) is 24.4 Å². The van der Waals surface area contributed by atoms with Crippen LogP contribution in [0.15, 0.2) is 27.1 Å². The molecule has 0 saturated carbocycles. The predicted molar refractivity (Wildman–Crippen MR) is 71.2 cm³/mol. The maximum Gasteiger partial charge on any atom is 0.295 e. The van der Waals surface area contributed by atoms with Crippen LogP contribution in [0.4, 0.5) is 0 Å². The van der Waals surface area contributed by atoms with Crippen molar-refractivity contribution in [1.29, 1.82) is 0 Å². The number of aromatic nitrogens is 3. The van der Waals surface area contributed by atoms with E-state index in [0.29, 0.717) is 9.49 Å². The molecule has 0 bridgehead atoms. The zero-order chi connectivity index (χ0) is 12.7. The topological polar surface area (TPSA) is 64.3 Å². The summed E-state index contributed by atoms with van der Waals surface area (Å²) < 4.78 is 1.71. The Kier molecular flexibility index (Phi) is 2.57. The highest BCUT2D eigenvalue weighted by Crippen LogP contribution is 2.09. The van der Waals surface area contributed by atoms with Gasteiger partial charge in [-0.1, -0.05) is 17.4 Å². The van der Waals surface area contributed by atoms with Crippen molar-refractivity contribution >= 4 is 33.7 Å². The Morgan fingerprint density at radius 3 is 2.94 bits per heavy atom. The molecule has 0 amide bonds. The quantitative estimate of drug-likeness (QED) is 0.647. The summed E-state index contributed by atoms with van der Waals surface area (Å²) in [5, 5.41) is 5.89. The minimum absolute atomic E-state index is 0.227. The molecular weight excluding hydrogens is 270 g/mol. The molecule has 0 spiro atoms. The van der Waals surface area contributed by atoms with E-state index in [1.54, 1.807) is 24.3 Å². The van der Waals surface area contributed by atoms with Crippen LogP contribution in [-0.4, -0.2) is 14.6 Å². The first-order chi connectivity index (χ1) is 8.65. The Morgan fingerprint density at radius 2 is 2.22 bits per heavy atom. The average Bonchev–Trinajstić information content (AvgIpc) is 2.93. The molecule has 90 valence electrons. The summed E-state index contributed by atoms with van der Waals surface area (Å²) >= 11 is 2.72. The number of thiazole rings is 1. The van der Waals surface area contributed by atoms with Crippen molar-refractivity contribution < 1.29 is 0 Å². The molecule has 5 nitrogen and oxygen atoms in total. The summed E-state index contributed by atoms with van der Waals surface area (Å²) in [6.07, 6.45) is 1.79. The molecule has 0 aromatic carbocycles. The molecule has 0 fully saturated rings. The minimum atomic E-state index is -0.390. The molecule has 0 N–H and O–H groups in total. The number of hydrogen-bond acceptors (Lipinski definition) is 6. The standard InChI is InChI=1S/C11H7N3O2S2/c1-6-9(15)12-11-14(13-6)10(16)8(18-11)5-7-3-2-4-17-7/h2-5H,1H3/b8-5-. The highest BCUT2D eigenvalue weighted by atomic mass is 32.1. The molecule has 18 heavy (non-hydrogen) atoms. The van der Waals surface area contributed by atoms with Crippen LogP contribution in [0.3, 0.4) is 0 Å². The molecule has 3 rings (SSSR count). The van der Waals surface area contributed by atoms with Gasteiger partial charge in [0.1, 0.15) is 5.69 Å². The third-order valence-electron chi connectivity index (χ3n) is 2.36. The van der Waals surface area contributed by atoms with Crippen molar-refractivity contribution in [3.63, 3.8) is 0 Å². The summed E-state index contributed by atoms with van der Waals surface area (Å²) in [4.78, 5) is 28.6. The smallest absolute Gasteiger partial charge is 0.266 e. The van der Waals surface area contributed by atoms with Crippen LogP contribution in [0.25, 0.3) is 11.0 Å². The second-order valence-corrected chi connectivity index (χ2v) is 5.62. The fourth-order valence-electron chi connectivity index (χ4n) is 1.49. The average molecular weight is 277 g/mol. The van der Waals surface area contributed by atoms with Crippen molar-refractivity contribution in [3.8, 4) is 0 Å². The largest absolute Gasteiger partial charge is 0.295 e. The Labute approximate surface area is 109 Å². The maximum atomic E-state index is 12.1. The van der Waals surface area contributed by atoms with Gasteiger partial charge in [0.2, 0.25) is 4.96 Å². The summed E-state index contributed by atoms with van der Waals surface area (Å²) in [7, 11) is 0. The van der Waals surface area contributed by atoms with Crippen LogP contribution in [0.5, 0.6) is 0 Å². The zero-order valence-corrected chi connectivity index (χ0v) is 10.9. The molecule has 3 aromatic rings. The van der Waals surface area contributed by atoms with Gasteiger partial charge in [0.05, 0.1) is 4.53 Å². The van der Waals surface area contributed by atoms with Gasteiger partial charge < -0.3 is 0 Å². The lowest BCUT2D eigenvalue weighted by molar-refractivity contribution is 0.833. The van der Waals surface area contributed by atoms with E-state index in [4.69, 9.17) is 0 Å². The van der Waals surface area contributed by atoms with Gasteiger partial charge in [-0.15, -0.1) is 11.3 Å². The highest BCUT2D eigenvalue weighted by molar-refractivity contribution is 7.15. The van der Waals surface area contributed by atoms with E-state index in [-0.39, 0.29) is 16.8 Å². The van der Waals surface area contributed by atoms with Crippen LogP contribution in [0.2, 0.25) is 0 Å². The monoisotopic (exact) mass is 277 g/mol. The molecule has 0 radical (unpaired) electrons. The van der Waals surface area contributed by atoms with E-state index in [9.17, 15) is 9.59 Å². The molecule has 0 aliphatic rings. The Bertz CT molecular complexity index is 878. The Morgan fingerprint density at radius 1 is 1.39 bits per heavy atom. The fraction of sp³-hybridized carbons (Fsp3) is 0.0909. The lowest BCUT2D eigenvalue weighted by atomic mass is 10.4. The van der Waals surface area contributed by atoms with Crippen molar-refractivity contribution in [2.75, 3.05) is 0 Å². The van der Waals surface area contributed by atoms with E-state index < -0.39 is 0 Å². The fourth-order valence-corrected chi connectivity index (χ4v) is 3.12. The number of thiophene rings is 1. The lowest BCUT2D eigenvalue weighted by Crippen LogP contribution is -2.26. The number of hydrogen-bond donors (Lipinski definition) is 0. The number of rotatable bonds is 1. The summed E-state index contributed by atoms with van der Waals surface area (Å²) in [6.45, 7) is 1.54. The van der Waals surface area contributed by atoms with E-state index in [1.807, 2.05) is 17.5 Å². The third kappa shape index (κ3) is 1.77. The molecule has 0 saturated heterocycles. The Balaban J connectivity index is 2.37. The molecule has 0 unspecified atom stereocenters. The van der Waals surface area contributed by atoms with Crippen LogP contribution in [0, 0.1) is 6.92 Å². The van der Waals surface area contributed by atoms with Gasteiger partial charge in [-0.2, -0.15) is 14.6 Å². The Hall–Kier alpha value is -1.86. The van der Waals surface area contributed by atoms with E-state index in [1.165, 1.54) is 15.9 Å².